The fourth-order valence-corrected chi connectivity index (χ4v) is 1.78. The van der Waals surface area contributed by atoms with Crippen molar-refractivity contribution in [2.24, 2.45) is 5.73 Å². The first-order valence-electron chi connectivity index (χ1n) is 5.11. The topological polar surface area (TPSA) is 56.0 Å². The second-order valence-corrected chi connectivity index (χ2v) is 3.85. The van der Waals surface area contributed by atoms with Crippen LogP contribution >= 0.6 is 0 Å². The highest BCUT2D eigenvalue weighted by molar-refractivity contribution is 5.85. The second-order valence-electron chi connectivity index (χ2n) is 3.85. The molecular weight excluding hydrogens is 245 g/mol. The number of hydrogen-bond acceptors (Lipinski definition) is 2. The van der Waals surface area contributed by atoms with E-state index in [9.17, 15) is 18.0 Å². The number of nitrogens with two attached hydrogens (primary N) is 1. The van der Waals surface area contributed by atoms with E-state index in [1.807, 2.05) is 0 Å². The second kappa shape index (κ2) is 4.29. The van der Waals surface area contributed by atoms with Crippen molar-refractivity contribution >= 4 is 16.8 Å². The first kappa shape index (κ1) is 12.3. The lowest BCUT2D eigenvalue weighted by atomic mass is 10.0. The Labute approximate surface area is 100 Å². The molecule has 1 aromatic heterocycles. The highest BCUT2D eigenvalue weighted by atomic mass is 19.4. The molecule has 0 aliphatic rings. The monoisotopic (exact) mass is 254 g/mol. The maximum atomic E-state index is 12.9. The van der Waals surface area contributed by atoms with Crippen LogP contribution in [0.15, 0.2) is 30.5 Å². The predicted octanol–water partition coefficient (Wildman–Crippen LogP) is 2.28. The van der Waals surface area contributed by atoms with Crippen molar-refractivity contribution in [2.75, 3.05) is 0 Å². The smallest absolute Gasteiger partial charge is 0.369 e. The number of amides is 1. The molecule has 0 saturated heterocycles. The van der Waals surface area contributed by atoms with E-state index in [1.165, 1.54) is 24.4 Å². The third kappa shape index (κ3) is 2.42. The molecule has 18 heavy (non-hydrogen) atoms. The molecule has 0 bridgehead atoms. The van der Waals surface area contributed by atoms with Gasteiger partial charge in [0, 0.05) is 11.6 Å². The van der Waals surface area contributed by atoms with E-state index in [4.69, 9.17) is 5.73 Å². The molecule has 2 rings (SSSR count). The van der Waals surface area contributed by atoms with Gasteiger partial charge >= 0.3 is 6.18 Å². The van der Waals surface area contributed by atoms with Crippen molar-refractivity contribution < 1.29 is 18.0 Å². The summed E-state index contributed by atoms with van der Waals surface area (Å²) in [7, 11) is 0. The summed E-state index contributed by atoms with van der Waals surface area (Å²) in [5.41, 5.74) is 4.59. The summed E-state index contributed by atoms with van der Waals surface area (Å²) in [5, 5.41) is 0.0122. The van der Waals surface area contributed by atoms with Crippen LogP contribution in [0, 0.1) is 0 Å². The lowest BCUT2D eigenvalue weighted by molar-refractivity contribution is -0.136. The minimum Gasteiger partial charge on any atom is -0.369 e. The van der Waals surface area contributed by atoms with Crippen molar-refractivity contribution in [3.05, 3.63) is 41.6 Å². The van der Waals surface area contributed by atoms with Gasteiger partial charge in [-0.1, -0.05) is 6.07 Å². The van der Waals surface area contributed by atoms with Crippen LogP contribution < -0.4 is 5.73 Å². The molecule has 1 amide bonds. The number of alkyl halides is 3. The Morgan fingerprint density at radius 3 is 2.67 bits per heavy atom. The summed E-state index contributed by atoms with van der Waals surface area (Å²) in [6.45, 7) is 0. The SMILES string of the molecule is NC(=O)Cc1cc(C(F)(F)F)c2cccnc2c1. The van der Waals surface area contributed by atoms with Gasteiger partial charge in [-0.15, -0.1) is 0 Å². The normalized spacial score (nSPS) is 11.7. The number of fused-ring (bicyclic) bond motifs is 1. The number of carbonyl (C=O) groups is 1. The number of primary amides is 1. The molecule has 0 aliphatic heterocycles. The number of nitrogens with zero attached hydrogens (tertiary/aromatic N) is 1. The Morgan fingerprint density at radius 2 is 2.06 bits per heavy atom. The van der Waals surface area contributed by atoms with Gasteiger partial charge in [-0.2, -0.15) is 13.2 Å². The molecule has 0 radical (unpaired) electrons. The van der Waals surface area contributed by atoms with Crippen molar-refractivity contribution in [3.8, 4) is 0 Å². The van der Waals surface area contributed by atoms with E-state index in [0.717, 1.165) is 6.07 Å². The summed E-state index contributed by atoms with van der Waals surface area (Å²) in [6, 6.07) is 5.16. The standard InChI is InChI=1S/C12H9F3N2O/c13-12(14,15)9-4-7(6-11(16)18)5-10-8(9)2-1-3-17-10/h1-5H,6H2,(H2,16,18). The van der Waals surface area contributed by atoms with E-state index in [0.29, 0.717) is 0 Å². The maximum Gasteiger partial charge on any atom is 0.417 e. The zero-order chi connectivity index (χ0) is 13.3. The van der Waals surface area contributed by atoms with Crippen LogP contribution in [0.4, 0.5) is 13.2 Å². The molecule has 1 heterocycles. The van der Waals surface area contributed by atoms with Gasteiger partial charge in [-0.25, -0.2) is 0 Å². The molecule has 0 saturated carbocycles. The van der Waals surface area contributed by atoms with Gasteiger partial charge in [-0.05, 0) is 23.8 Å². The summed E-state index contributed by atoms with van der Waals surface area (Å²) >= 11 is 0. The molecule has 6 heteroatoms. The van der Waals surface area contributed by atoms with E-state index < -0.39 is 17.6 Å². The minimum absolute atomic E-state index is 0.0122. The molecule has 0 spiro atoms. The molecule has 2 N–H and O–H groups in total. The van der Waals surface area contributed by atoms with Crippen LogP contribution in [-0.4, -0.2) is 10.9 Å². The highest BCUT2D eigenvalue weighted by Gasteiger charge is 2.33. The van der Waals surface area contributed by atoms with Crippen LogP contribution in [0.25, 0.3) is 10.9 Å². The van der Waals surface area contributed by atoms with E-state index >= 15 is 0 Å². The number of rotatable bonds is 2. The maximum absolute atomic E-state index is 12.9. The van der Waals surface area contributed by atoms with Crippen molar-refractivity contribution in [3.63, 3.8) is 0 Å². The van der Waals surface area contributed by atoms with Gasteiger partial charge in [0.15, 0.2) is 0 Å². The van der Waals surface area contributed by atoms with E-state index in [-0.39, 0.29) is 22.9 Å². The predicted molar refractivity (Wildman–Crippen MR) is 59.6 cm³/mol. The first-order valence-corrected chi connectivity index (χ1v) is 5.11. The molecule has 0 fully saturated rings. The minimum atomic E-state index is -4.49. The van der Waals surface area contributed by atoms with E-state index in [2.05, 4.69) is 4.98 Å². The van der Waals surface area contributed by atoms with Crippen LogP contribution in [0.3, 0.4) is 0 Å². The van der Waals surface area contributed by atoms with Crippen molar-refractivity contribution in [1.82, 2.24) is 4.98 Å². The quantitative estimate of drug-likeness (QED) is 0.893. The number of pyridine rings is 1. The summed E-state index contributed by atoms with van der Waals surface area (Å²) in [6.07, 6.45) is -3.33. The molecule has 3 nitrogen and oxygen atoms in total. The zero-order valence-electron chi connectivity index (χ0n) is 9.16. The molecule has 2 aromatic rings. The third-order valence-electron chi connectivity index (χ3n) is 2.46. The molecule has 0 atom stereocenters. The van der Waals surface area contributed by atoms with E-state index in [1.54, 1.807) is 0 Å². The van der Waals surface area contributed by atoms with Crippen molar-refractivity contribution in [1.29, 1.82) is 0 Å². The summed E-state index contributed by atoms with van der Waals surface area (Å²) in [4.78, 5) is 14.7. The fourth-order valence-electron chi connectivity index (χ4n) is 1.78. The average Bonchev–Trinajstić information content (AvgIpc) is 2.25. The van der Waals surface area contributed by atoms with Gasteiger partial charge < -0.3 is 5.73 Å². The van der Waals surface area contributed by atoms with Gasteiger partial charge in [0.2, 0.25) is 5.91 Å². The number of hydrogen-bond donors (Lipinski definition) is 1. The number of benzene rings is 1. The number of carbonyl (C=O) groups excluding carboxylic acids is 1. The Balaban J connectivity index is 2.68. The van der Waals surface area contributed by atoms with Gasteiger partial charge in [0.1, 0.15) is 0 Å². The highest BCUT2D eigenvalue weighted by Crippen LogP contribution is 2.35. The lowest BCUT2D eigenvalue weighted by Crippen LogP contribution is -2.15. The van der Waals surface area contributed by atoms with Gasteiger partial charge in [0.25, 0.3) is 0 Å². The van der Waals surface area contributed by atoms with Gasteiger partial charge in [-0.3, -0.25) is 9.78 Å². The largest absolute Gasteiger partial charge is 0.417 e. The van der Waals surface area contributed by atoms with Crippen LogP contribution in [-0.2, 0) is 17.4 Å². The number of aromatic nitrogens is 1. The molecule has 1 aromatic carbocycles. The Bertz CT molecular complexity index is 608. The molecule has 0 aliphatic carbocycles. The summed E-state index contributed by atoms with van der Waals surface area (Å²) < 4.78 is 38.7. The van der Waals surface area contributed by atoms with Crippen LogP contribution in [0.1, 0.15) is 11.1 Å². The molecular formula is C12H9F3N2O. The van der Waals surface area contributed by atoms with Crippen LogP contribution in [0.5, 0.6) is 0 Å². The summed E-state index contributed by atoms with van der Waals surface area (Å²) in [5.74, 6) is -0.682. The Kier molecular flexibility index (Phi) is 2.94. The lowest BCUT2D eigenvalue weighted by Gasteiger charge is -2.11. The first-order chi connectivity index (χ1) is 8.38. The van der Waals surface area contributed by atoms with Crippen molar-refractivity contribution in [2.45, 2.75) is 12.6 Å². The Morgan fingerprint density at radius 1 is 1.33 bits per heavy atom. The van der Waals surface area contributed by atoms with Crippen LogP contribution in [0.2, 0.25) is 0 Å². The zero-order valence-corrected chi connectivity index (χ0v) is 9.16. The molecule has 0 unspecified atom stereocenters. The fraction of sp³-hybridized carbons (Fsp3) is 0.167. The Hall–Kier alpha value is -2.11. The average molecular weight is 254 g/mol. The number of halogens is 3. The van der Waals surface area contributed by atoms with Gasteiger partial charge in [0.05, 0.1) is 17.5 Å². The molecule has 94 valence electrons. The third-order valence-corrected chi connectivity index (χ3v) is 2.46.